The normalized spacial score (nSPS) is 14.0. The van der Waals surface area contributed by atoms with Crippen LogP contribution < -0.4 is 0 Å². The van der Waals surface area contributed by atoms with Crippen molar-refractivity contribution in [3.8, 4) is 0 Å². The minimum absolute atomic E-state index is 0.118. The molecule has 0 heterocycles. The van der Waals surface area contributed by atoms with Crippen molar-refractivity contribution in [2.24, 2.45) is 10.7 Å². The number of aliphatic hydroxyl groups excluding tert-OH is 1. The number of hydrogen-bond acceptors (Lipinski definition) is 6. The summed E-state index contributed by atoms with van der Waals surface area (Å²) in [6, 6.07) is 0. The number of ether oxygens (including phenoxy) is 1. The smallest absolute Gasteiger partial charge is 0.314 e. The number of carbonyl (C=O) groups is 1. The summed E-state index contributed by atoms with van der Waals surface area (Å²) in [5.74, 6) is -0.452. The van der Waals surface area contributed by atoms with Crippen molar-refractivity contribution >= 4 is 5.97 Å². The van der Waals surface area contributed by atoms with Gasteiger partial charge in [0.2, 0.25) is 5.28 Å². The summed E-state index contributed by atoms with van der Waals surface area (Å²) in [5.41, 5.74) is -0.650. The zero-order valence-corrected chi connectivity index (χ0v) is 11.4. The molecule has 0 aromatic carbocycles. The van der Waals surface area contributed by atoms with Gasteiger partial charge in [0.1, 0.15) is 0 Å². The summed E-state index contributed by atoms with van der Waals surface area (Å²) >= 11 is 0. The fourth-order valence-corrected chi connectivity index (χ4v) is 0.748. The fraction of sp³-hybridized carbons (Fsp3) is 0.900. The van der Waals surface area contributed by atoms with E-state index in [2.05, 4.69) is 5.28 Å². The second kappa shape index (κ2) is 7.00. The first-order valence-electron chi connectivity index (χ1n) is 5.55. The number of aliphatic hydroxyl groups is 1. The fourth-order valence-electron chi connectivity index (χ4n) is 0.748. The standard InChI is InChI=1S/C10H21N3O5/c1-8(17-9(15)10(2,3)4)18-11-13(16)12(5)6-7-14/h8,14H,6-7H2,1-5H3. The number of esters is 1. The molecule has 0 aliphatic carbocycles. The molecule has 0 rings (SSSR count). The molecule has 1 atom stereocenters. The minimum Gasteiger partial charge on any atom is -0.569 e. The van der Waals surface area contributed by atoms with Gasteiger partial charge in [-0.2, -0.15) is 0 Å². The first-order chi connectivity index (χ1) is 8.18. The van der Waals surface area contributed by atoms with Crippen LogP contribution in [0.4, 0.5) is 0 Å². The third-order valence-electron chi connectivity index (χ3n) is 1.87. The van der Waals surface area contributed by atoms with Crippen LogP contribution in [0.5, 0.6) is 0 Å². The zero-order valence-electron chi connectivity index (χ0n) is 11.4. The number of carbonyl (C=O) groups excluding carboxylic acids is 1. The lowest BCUT2D eigenvalue weighted by molar-refractivity contribution is -0.707. The van der Waals surface area contributed by atoms with Gasteiger partial charge in [0.05, 0.1) is 30.6 Å². The molecule has 0 saturated carbocycles. The molecule has 0 aromatic rings. The molecule has 0 amide bonds. The number of likely N-dealkylation sites (N-methyl/N-ethyl adjacent to an activating group) is 1. The third-order valence-corrected chi connectivity index (χ3v) is 1.87. The second-order valence-electron chi connectivity index (χ2n) is 4.77. The van der Waals surface area contributed by atoms with Crippen LogP contribution >= 0.6 is 0 Å². The van der Waals surface area contributed by atoms with Gasteiger partial charge in [0.15, 0.2) is 0 Å². The van der Waals surface area contributed by atoms with Crippen molar-refractivity contribution in [3.63, 3.8) is 0 Å². The Hall–Kier alpha value is -1.57. The van der Waals surface area contributed by atoms with Crippen molar-refractivity contribution < 1.29 is 24.4 Å². The van der Waals surface area contributed by atoms with E-state index < -0.39 is 17.7 Å². The van der Waals surface area contributed by atoms with Crippen LogP contribution in [0.2, 0.25) is 0 Å². The maximum atomic E-state index is 11.5. The molecule has 1 N–H and O–H groups in total. The molecule has 8 nitrogen and oxygen atoms in total. The Balaban J connectivity index is 4.21. The van der Waals surface area contributed by atoms with Crippen molar-refractivity contribution in [1.82, 2.24) is 5.01 Å². The maximum Gasteiger partial charge on any atom is 0.314 e. The first kappa shape index (κ1) is 16.4. The molecule has 0 bridgehead atoms. The van der Waals surface area contributed by atoms with Gasteiger partial charge in [0.25, 0.3) is 6.29 Å². The lowest BCUT2D eigenvalue weighted by Crippen LogP contribution is -2.31. The van der Waals surface area contributed by atoms with Gasteiger partial charge in [0, 0.05) is 6.92 Å². The SMILES string of the molecule is CC(ON=[N+]([O-])N(C)CCO)OC(=O)C(C)(C)C. The average Bonchev–Trinajstić information content (AvgIpc) is 2.24. The van der Waals surface area contributed by atoms with Gasteiger partial charge in [-0.15, -0.1) is 5.01 Å². The van der Waals surface area contributed by atoms with Crippen LogP contribution in [0.15, 0.2) is 5.28 Å². The lowest BCUT2D eigenvalue weighted by atomic mass is 9.97. The number of hydrazine groups is 1. The van der Waals surface area contributed by atoms with Crippen LogP contribution in [-0.2, 0) is 14.4 Å². The van der Waals surface area contributed by atoms with Gasteiger partial charge in [-0.25, -0.2) is 0 Å². The Morgan fingerprint density at radius 2 is 2.11 bits per heavy atom. The average molecular weight is 263 g/mol. The van der Waals surface area contributed by atoms with Crippen molar-refractivity contribution in [2.75, 3.05) is 20.2 Å². The Labute approximate surface area is 106 Å². The molecular weight excluding hydrogens is 242 g/mol. The van der Waals surface area contributed by atoms with Crippen molar-refractivity contribution in [3.05, 3.63) is 5.21 Å². The predicted molar refractivity (Wildman–Crippen MR) is 61.9 cm³/mol. The molecular formula is C10H21N3O5. The molecule has 8 heteroatoms. The molecule has 106 valence electrons. The summed E-state index contributed by atoms with van der Waals surface area (Å²) in [5, 5.41) is 24.1. The highest BCUT2D eigenvalue weighted by Crippen LogP contribution is 2.16. The highest BCUT2D eigenvalue weighted by molar-refractivity contribution is 5.75. The van der Waals surface area contributed by atoms with E-state index in [1.165, 1.54) is 14.0 Å². The van der Waals surface area contributed by atoms with E-state index in [9.17, 15) is 10.0 Å². The van der Waals surface area contributed by atoms with E-state index in [0.29, 0.717) is 0 Å². The molecule has 1 unspecified atom stereocenters. The van der Waals surface area contributed by atoms with E-state index in [0.717, 1.165) is 5.01 Å². The van der Waals surface area contributed by atoms with Crippen LogP contribution in [0.25, 0.3) is 0 Å². The van der Waals surface area contributed by atoms with E-state index >= 15 is 0 Å². The van der Waals surface area contributed by atoms with Crippen LogP contribution in [-0.4, -0.2) is 47.5 Å². The number of hydrogen-bond donors (Lipinski definition) is 1. The van der Waals surface area contributed by atoms with Gasteiger partial charge < -0.3 is 15.1 Å². The number of nitrogens with zero attached hydrogens (tertiary/aromatic N) is 3. The quantitative estimate of drug-likeness (QED) is 0.248. The molecule has 18 heavy (non-hydrogen) atoms. The summed E-state index contributed by atoms with van der Waals surface area (Å²) in [7, 11) is 1.43. The summed E-state index contributed by atoms with van der Waals surface area (Å²) < 4.78 is 4.92. The van der Waals surface area contributed by atoms with Crippen molar-refractivity contribution in [1.29, 1.82) is 0 Å². The van der Waals surface area contributed by atoms with Crippen molar-refractivity contribution in [2.45, 2.75) is 34.0 Å². The molecule has 0 spiro atoms. The summed E-state index contributed by atoms with van der Waals surface area (Å²) in [6.45, 7) is 6.50. The van der Waals surface area contributed by atoms with Crippen LogP contribution in [0, 0.1) is 10.6 Å². The minimum atomic E-state index is -0.962. The van der Waals surface area contributed by atoms with Gasteiger partial charge >= 0.3 is 5.97 Å². The monoisotopic (exact) mass is 263 g/mol. The predicted octanol–water partition coefficient (Wildman–Crippen LogP) is 0.655. The van der Waals surface area contributed by atoms with E-state index in [-0.39, 0.29) is 18.1 Å². The molecule has 0 saturated heterocycles. The zero-order chi connectivity index (χ0) is 14.3. The van der Waals surface area contributed by atoms with Gasteiger partial charge in [-0.1, -0.05) is 0 Å². The van der Waals surface area contributed by atoms with Gasteiger partial charge in [-0.05, 0) is 20.8 Å². The van der Waals surface area contributed by atoms with E-state index in [1.807, 2.05) is 0 Å². The maximum absolute atomic E-state index is 11.5. The molecule has 0 aliphatic rings. The van der Waals surface area contributed by atoms with E-state index in [4.69, 9.17) is 14.7 Å². The first-order valence-corrected chi connectivity index (χ1v) is 5.55. The molecule has 0 aliphatic heterocycles. The molecule has 0 radical (unpaired) electrons. The highest BCUT2D eigenvalue weighted by Gasteiger charge is 2.25. The highest BCUT2D eigenvalue weighted by atomic mass is 16.8. The van der Waals surface area contributed by atoms with Crippen LogP contribution in [0.3, 0.4) is 0 Å². The van der Waals surface area contributed by atoms with Gasteiger partial charge in [-0.3, -0.25) is 9.63 Å². The third kappa shape index (κ3) is 6.24. The Morgan fingerprint density at radius 3 is 2.56 bits per heavy atom. The topological polar surface area (TPSA) is 97.4 Å². The van der Waals surface area contributed by atoms with Crippen LogP contribution in [0.1, 0.15) is 27.7 Å². The largest absolute Gasteiger partial charge is 0.569 e. The Bertz CT molecular complexity index is 300. The molecule has 0 fully saturated rings. The molecule has 0 aromatic heterocycles. The second-order valence-corrected chi connectivity index (χ2v) is 4.77. The summed E-state index contributed by atoms with van der Waals surface area (Å²) in [6.07, 6.45) is -0.962. The summed E-state index contributed by atoms with van der Waals surface area (Å²) in [4.78, 5) is 16.4. The Kier molecular flexibility index (Phi) is 6.39. The Morgan fingerprint density at radius 1 is 1.56 bits per heavy atom. The number of rotatable bonds is 6. The lowest BCUT2D eigenvalue weighted by Gasteiger charge is -2.19. The van der Waals surface area contributed by atoms with E-state index in [1.54, 1.807) is 20.8 Å².